The van der Waals surface area contributed by atoms with E-state index in [9.17, 15) is 10.1 Å². The van der Waals surface area contributed by atoms with Gasteiger partial charge in [-0.3, -0.25) is 10.1 Å². The smallest absolute Gasteiger partial charge is 0.292 e. The van der Waals surface area contributed by atoms with Gasteiger partial charge in [-0.1, -0.05) is 6.07 Å². The summed E-state index contributed by atoms with van der Waals surface area (Å²) in [5.41, 5.74) is 1.83. The minimum atomic E-state index is -0.286. The predicted octanol–water partition coefficient (Wildman–Crippen LogP) is 3.50. The van der Waals surface area contributed by atoms with Gasteiger partial charge in [0.05, 0.1) is 4.92 Å². The first-order chi connectivity index (χ1) is 8.65. The molecule has 2 fully saturated rings. The maximum absolute atomic E-state index is 11.1. The third kappa shape index (κ3) is 2.33. The van der Waals surface area contributed by atoms with Crippen LogP contribution >= 0.6 is 0 Å². The molecule has 2 saturated carbocycles. The summed E-state index contributed by atoms with van der Waals surface area (Å²) in [4.78, 5) is 10.8. The number of benzene rings is 1. The fraction of sp³-hybridized carbons (Fsp3) is 0.571. The van der Waals surface area contributed by atoms with Crippen LogP contribution in [0.1, 0.15) is 31.2 Å². The molecule has 0 unspecified atom stereocenters. The molecule has 1 aromatic carbocycles. The highest BCUT2D eigenvalue weighted by Gasteiger charge is 2.42. The second-order valence-corrected chi connectivity index (χ2v) is 5.62. The average Bonchev–Trinajstić information content (AvgIpc) is 3.19. The number of nitro benzene ring substituents is 1. The number of hydrogen-bond donors (Lipinski definition) is 1. The lowest BCUT2D eigenvalue weighted by atomic mass is 10.1. The first-order valence-corrected chi connectivity index (χ1v) is 6.67. The van der Waals surface area contributed by atoms with Crippen LogP contribution in [0.2, 0.25) is 0 Å². The van der Waals surface area contributed by atoms with Crippen molar-refractivity contribution in [2.75, 3.05) is 5.32 Å². The SMILES string of the molecule is Cc1ccc(NC(C2CC2)C2CC2)c([N+](=O)[O-])c1. The molecule has 0 spiro atoms. The van der Waals surface area contributed by atoms with Crippen LogP contribution in [0, 0.1) is 28.9 Å². The van der Waals surface area contributed by atoms with Crippen molar-refractivity contribution >= 4 is 11.4 Å². The Morgan fingerprint density at radius 2 is 1.89 bits per heavy atom. The van der Waals surface area contributed by atoms with Gasteiger partial charge >= 0.3 is 0 Å². The van der Waals surface area contributed by atoms with Crippen LogP contribution in [0.15, 0.2) is 18.2 Å². The van der Waals surface area contributed by atoms with Gasteiger partial charge in [0, 0.05) is 12.1 Å². The van der Waals surface area contributed by atoms with Crippen molar-refractivity contribution in [2.24, 2.45) is 11.8 Å². The van der Waals surface area contributed by atoms with Gasteiger partial charge in [0.25, 0.3) is 5.69 Å². The highest BCUT2D eigenvalue weighted by atomic mass is 16.6. The summed E-state index contributed by atoms with van der Waals surface area (Å²) in [6, 6.07) is 5.89. The second-order valence-electron chi connectivity index (χ2n) is 5.62. The monoisotopic (exact) mass is 246 g/mol. The summed E-state index contributed by atoms with van der Waals surface area (Å²) in [5.74, 6) is 1.47. The topological polar surface area (TPSA) is 55.2 Å². The second kappa shape index (κ2) is 4.26. The molecular weight excluding hydrogens is 228 g/mol. The fourth-order valence-electron chi connectivity index (χ4n) is 2.63. The number of aryl methyl sites for hydroxylation is 1. The van der Waals surface area contributed by atoms with Crippen LogP contribution in [-0.2, 0) is 0 Å². The number of nitrogens with zero attached hydrogens (tertiary/aromatic N) is 1. The molecule has 0 amide bonds. The molecule has 18 heavy (non-hydrogen) atoms. The lowest BCUT2D eigenvalue weighted by molar-refractivity contribution is -0.384. The van der Waals surface area contributed by atoms with E-state index in [0.717, 1.165) is 17.4 Å². The van der Waals surface area contributed by atoms with Crippen LogP contribution in [0.4, 0.5) is 11.4 Å². The summed E-state index contributed by atoms with van der Waals surface area (Å²) < 4.78 is 0. The van der Waals surface area contributed by atoms with E-state index in [-0.39, 0.29) is 10.6 Å². The van der Waals surface area contributed by atoms with Gasteiger partial charge in [-0.25, -0.2) is 0 Å². The minimum absolute atomic E-state index is 0.210. The number of nitrogens with one attached hydrogen (secondary N) is 1. The fourth-order valence-corrected chi connectivity index (χ4v) is 2.63. The molecule has 0 aromatic heterocycles. The third-order valence-corrected chi connectivity index (χ3v) is 3.93. The summed E-state index contributed by atoms with van der Waals surface area (Å²) in [6.07, 6.45) is 5.09. The number of rotatable bonds is 5. The summed E-state index contributed by atoms with van der Waals surface area (Å²) >= 11 is 0. The van der Waals surface area contributed by atoms with Crippen molar-refractivity contribution in [3.05, 3.63) is 33.9 Å². The van der Waals surface area contributed by atoms with Gasteiger partial charge in [-0.15, -0.1) is 0 Å². The molecule has 1 aromatic rings. The normalized spacial score (nSPS) is 19.0. The summed E-state index contributed by atoms with van der Waals surface area (Å²) in [7, 11) is 0. The Bertz CT molecular complexity index is 467. The van der Waals surface area contributed by atoms with Gasteiger partial charge in [-0.05, 0) is 56.1 Å². The molecule has 0 atom stereocenters. The third-order valence-electron chi connectivity index (χ3n) is 3.93. The molecular formula is C14H18N2O2. The molecule has 4 nitrogen and oxygen atoms in total. The van der Waals surface area contributed by atoms with Crippen molar-refractivity contribution in [3.8, 4) is 0 Å². The van der Waals surface area contributed by atoms with Gasteiger partial charge in [-0.2, -0.15) is 0 Å². The molecule has 2 aliphatic carbocycles. The number of anilines is 1. The molecule has 0 radical (unpaired) electrons. The van der Waals surface area contributed by atoms with Crippen molar-refractivity contribution in [1.82, 2.24) is 0 Å². The Morgan fingerprint density at radius 3 is 2.39 bits per heavy atom. The van der Waals surface area contributed by atoms with Crippen molar-refractivity contribution in [2.45, 2.75) is 38.6 Å². The zero-order valence-electron chi connectivity index (χ0n) is 10.6. The average molecular weight is 246 g/mol. The number of nitro groups is 1. The van der Waals surface area contributed by atoms with E-state index in [4.69, 9.17) is 0 Å². The molecule has 0 saturated heterocycles. The van der Waals surface area contributed by atoms with E-state index >= 15 is 0 Å². The van der Waals surface area contributed by atoms with Gasteiger partial charge in [0.1, 0.15) is 5.69 Å². The molecule has 0 aliphatic heterocycles. The van der Waals surface area contributed by atoms with Gasteiger partial charge in [0.15, 0.2) is 0 Å². The Morgan fingerprint density at radius 1 is 1.28 bits per heavy atom. The zero-order chi connectivity index (χ0) is 12.7. The lowest BCUT2D eigenvalue weighted by Gasteiger charge is -2.19. The van der Waals surface area contributed by atoms with Crippen LogP contribution in [0.3, 0.4) is 0 Å². The Balaban J connectivity index is 1.84. The molecule has 2 aliphatic rings. The van der Waals surface area contributed by atoms with Crippen LogP contribution in [-0.4, -0.2) is 11.0 Å². The van der Waals surface area contributed by atoms with Crippen LogP contribution in [0.5, 0.6) is 0 Å². The largest absolute Gasteiger partial charge is 0.376 e. The molecule has 96 valence electrons. The van der Waals surface area contributed by atoms with E-state index in [0.29, 0.717) is 11.7 Å². The van der Waals surface area contributed by atoms with E-state index in [1.165, 1.54) is 25.7 Å². The molecule has 0 bridgehead atoms. The Hall–Kier alpha value is -1.58. The van der Waals surface area contributed by atoms with E-state index < -0.39 is 0 Å². The molecule has 0 heterocycles. The van der Waals surface area contributed by atoms with E-state index in [1.807, 2.05) is 19.1 Å². The molecule has 1 N–H and O–H groups in total. The van der Waals surface area contributed by atoms with Crippen molar-refractivity contribution in [3.63, 3.8) is 0 Å². The maximum atomic E-state index is 11.1. The highest BCUT2D eigenvalue weighted by Crippen LogP contribution is 2.46. The van der Waals surface area contributed by atoms with Gasteiger partial charge in [0.2, 0.25) is 0 Å². The van der Waals surface area contributed by atoms with Crippen LogP contribution < -0.4 is 5.32 Å². The van der Waals surface area contributed by atoms with E-state index in [2.05, 4.69) is 5.32 Å². The van der Waals surface area contributed by atoms with Gasteiger partial charge < -0.3 is 5.32 Å². The first-order valence-electron chi connectivity index (χ1n) is 6.67. The quantitative estimate of drug-likeness (QED) is 0.639. The minimum Gasteiger partial charge on any atom is -0.376 e. The first kappa shape index (κ1) is 11.5. The van der Waals surface area contributed by atoms with Crippen molar-refractivity contribution < 1.29 is 4.92 Å². The van der Waals surface area contributed by atoms with E-state index in [1.54, 1.807) is 6.07 Å². The standard InChI is InChI=1S/C14H18N2O2/c1-9-2-7-12(13(8-9)16(17)18)15-14(10-3-4-10)11-5-6-11/h2,7-8,10-11,14-15H,3-6H2,1H3. The predicted molar refractivity (Wildman–Crippen MR) is 70.7 cm³/mol. The summed E-state index contributed by atoms with van der Waals surface area (Å²) in [6.45, 7) is 1.88. The van der Waals surface area contributed by atoms with Crippen LogP contribution in [0.25, 0.3) is 0 Å². The Kier molecular flexibility index (Phi) is 2.73. The lowest BCUT2D eigenvalue weighted by Crippen LogP contribution is -2.24. The Labute approximate surface area is 107 Å². The molecule has 4 heteroatoms. The zero-order valence-corrected chi connectivity index (χ0v) is 10.6. The highest BCUT2D eigenvalue weighted by molar-refractivity contribution is 5.63. The number of hydrogen-bond acceptors (Lipinski definition) is 3. The summed E-state index contributed by atoms with van der Waals surface area (Å²) in [5, 5.41) is 14.5. The van der Waals surface area contributed by atoms with Crippen molar-refractivity contribution in [1.29, 1.82) is 0 Å². The maximum Gasteiger partial charge on any atom is 0.292 e. The molecule has 3 rings (SSSR count).